The van der Waals surface area contributed by atoms with Crippen LogP contribution < -0.4 is 15.1 Å². The van der Waals surface area contributed by atoms with E-state index in [1.165, 1.54) is 11.0 Å². The van der Waals surface area contributed by atoms with Gasteiger partial charge in [0.25, 0.3) is 11.8 Å². The average Bonchev–Trinajstić information content (AvgIpc) is 2.70. The molecule has 2 heterocycles. The molecule has 1 N–H and O–H groups in total. The Balaban J connectivity index is 1.79. The van der Waals surface area contributed by atoms with Crippen LogP contribution in [0.3, 0.4) is 0 Å². The van der Waals surface area contributed by atoms with Crippen LogP contribution in [0.4, 0.5) is 11.4 Å². The largest absolute Gasteiger partial charge is 0.365 e. The zero-order chi connectivity index (χ0) is 22.5. The van der Waals surface area contributed by atoms with Crippen LogP contribution in [-0.2, 0) is 9.59 Å². The average molecular weight is 452 g/mol. The molecule has 7 heteroatoms. The summed E-state index contributed by atoms with van der Waals surface area (Å²) in [6.07, 6.45) is 3.72. The molecule has 2 aromatic carbocycles. The van der Waals surface area contributed by atoms with E-state index in [2.05, 4.69) is 30.1 Å². The number of hydrogen-bond donors (Lipinski definition) is 1. The maximum absolute atomic E-state index is 13.2. The van der Waals surface area contributed by atoms with Gasteiger partial charge in [-0.1, -0.05) is 35.9 Å². The molecule has 0 unspecified atom stereocenters. The molecule has 0 aliphatic carbocycles. The maximum atomic E-state index is 13.2. The van der Waals surface area contributed by atoms with Crippen molar-refractivity contribution in [3.05, 3.63) is 70.3 Å². The number of allylic oxidation sites excluding steroid dienone is 1. The molecule has 0 spiro atoms. The predicted molar refractivity (Wildman–Crippen MR) is 130 cm³/mol. The number of nitrogens with zero attached hydrogens (tertiary/aromatic N) is 2. The third-order valence-corrected chi connectivity index (χ3v) is 6.36. The molecule has 1 saturated heterocycles. The van der Waals surface area contributed by atoms with Crippen molar-refractivity contribution in [2.24, 2.45) is 0 Å². The maximum Gasteiger partial charge on any atom is 0.270 e. The highest BCUT2D eigenvalue weighted by molar-refractivity contribution is 7.80. The van der Waals surface area contributed by atoms with Crippen LogP contribution in [0.2, 0.25) is 5.02 Å². The molecular weight excluding hydrogens is 430 g/mol. The minimum atomic E-state index is -0.540. The highest BCUT2D eigenvalue weighted by atomic mass is 35.5. The summed E-state index contributed by atoms with van der Waals surface area (Å²) in [7, 11) is 2.02. The van der Waals surface area contributed by atoms with Crippen molar-refractivity contribution in [2.45, 2.75) is 26.3 Å². The molecule has 4 rings (SSSR count). The van der Waals surface area contributed by atoms with Crippen molar-refractivity contribution in [1.29, 1.82) is 0 Å². The second-order valence-electron chi connectivity index (χ2n) is 8.22. The summed E-state index contributed by atoms with van der Waals surface area (Å²) in [5.41, 5.74) is 4.14. The van der Waals surface area contributed by atoms with Crippen molar-refractivity contribution in [3.63, 3.8) is 0 Å². The summed E-state index contributed by atoms with van der Waals surface area (Å²) in [5.74, 6) is -1.03. The second-order valence-corrected chi connectivity index (χ2v) is 9.02. The normalized spacial score (nSPS) is 19.3. The molecule has 0 aromatic heterocycles. The Labute approximate surface area is 192 Å². The monoisotopic (exact) mass is 451 g/mol. The number of rotatable bonds is 2. The topological polar surface area (TPSA) is 52.7 Å². The SMILES string of the molecule is CC1=CC(C)(C)N(C)c2cc(Cl)c(/C=C3\C(=O)NC(=S)N(c4ccccc4)C3=O)cc21. The van der Waals surface area contributed by atoms with Gasteiger partial charge in [-0.15, -0.1) is 0 Å². The number of fused-ring (bicyclic) bond motifs is 1. The van der Waals surface area contributed by atoms with Crippen LogP contribution in [0, 0.1) is 0 Å². The molecule has 0 atom stereocenters. The molecular formula is C24H22ClN3O2S. The van der Waals surface area contributed by atoms with Gasteiger partial charge in [0, 0.05) is 23.3 Å². The fraction of sp³-hybridized carbons (Fsp3) is 0.208. The molecule has 0 saturated carbocycles. The lowest BCUT2D eigenvalue weighted by Gasteiger charge is -2.40. The summed E-state index contributed by atoms with van der Waals surface area (Å²) >= 11 is 11.8. The van der Waals surface area contributed by atoms with Crippen molar-refractivity contribution >= 4 is 63.8 Å². The first kappa shape index (κ1) is 21.3. The molecule has 31 heavy (non-hydrogen) atoms. The highest BCUT2D eigenvalue weighted by Gasteiger charge is 2.35. The Morgan fingerprint density at radius 2 is 1.81 bits per heavy atom. The standard InChI is InChI=1S/C24H22ClN3O2S/c1-14-13-24(2,3)27(4)20-12-19(25)15(10-17(14)20)11-18-21(29)26-23(31)28(22(18)30)16-8-6-5-7-9-16/h5-13H,1-4H3,(H,26,29,31)/b18-11+. The van der Waals surface area contributed by atoms with E-state index in [-0.39, 0.29) is 16.2 Å². The molecule has 158 valence electrons. The van der Waals surface area contributed by atoms with Gasteiger partial charge in [-0.25, -0.2) is 0 Å². The van der Waals surface area contributed by atoms with E-state index >= 15 is 0 Å². The number of halogens is 1. The first-order valence-corrected chi connectivity index (χ1v) is 10.6. The van der Waals surface area contributed by atoms with Crippen LogP contribution in [0.5, 0.6) is 0 Å². The Bertz CT molecular complexity index is 1180. The van der Waals surface area contributed by atoms with Crippen molar-refractivity contribution in [1.82, 2.24) is 5.32 Å². The first-order chi connectivity index (χ1) is 14.6. The Morgan fingerprint density at radius 3 is 2.48 bits per heavy atom. The van der Waals surface area contributed by atoms with Crippen molar-refractivity contribution in [2.75, 3.05) is 16.8 Å². The van der Waals surface area contributed by atoms with E-state index in [0.717, 1.165) is 16.8 Å². The second kappa shape index (κ2) is 7.62. The van der Waals surface area contributed by atoms with Gasteiger partial charge >= 0.3 is 0 Å². The van der Waals surface area contributed by atoms with E-state index in [1.807, 2.05) is 32.2 Å². The molecule has 1 fully saturated rings. The minimum Gasteiger partial charge on any atom is -0.365 e. The van der Waals surface area contributed by atoms with Crippen LogP contribution in [-0.4, -0.2) is 29.5 Å². The molecule has 2 aliphatic rings. The Hall–Kier alpha value is -2.96. The number of benzene rings is 2. The molecule has 5 nitrogen and oxygen atoms in total. The molecule has 0 bridgehead atoms. The summed E-state index contributed by atoms with van der Waals surface area (Å²) in [5, 5.41) is 3.12. The van der Waals surface area contributed by atoms with Crippen molar-refractivity contribution in [3.8, 4) is 0 Å². The number of para-hydroxylation sites is 1. The zero-order valence-corrected chi connectivity index (χ0v) is 19.3. The molecule has 2 aromatic rings. The van der Waals surface area contributed by atoms with E-state index in [9.17, 15) is 9.59 Å². The summed E-state index contributed by atoms with van der Waals surface area (Å²) in [6.45, 7) is 6.32. The van der Waals surface area contributed by atoms with E-state index in [0.29, 0.717) is 16.3 Å². The van der Waals surface area contributed by atoms with Gasteiger partial charge in [0.2, 0.25) is 0 Å². The summed E-state index contributed by atoms with van der Waals surface area (Å²) in [4.78, 5) is 29.3. The van der Waals surface area contributed by atoms with Crippen molar-refractivity contribution < 1.29 is 9.59 Å². The number of hydrogen-bond acceptors (Lipinski definition) is 4. The minimum absolute atomic E-state index is 0.0228. The lowest BCUT2D eigenvalue weighted by Crippen LogP contribution is -2.54. The van der Waals surface area contributed by atoms with Crippen LogP contribution in [0.25, 0.3) is 11.6 Å². The van der Waals surface area contributed by atoms with Gasteiger partial charge < -0.3 is 4.90 Å². The van der Waals surface area contributed by atoms with Gasteiger partial charge in [0.05, 0.1) is 11.2 Å². The van der Waals surface area contributed by atoms with E-state index in [4.69, 9.17) is 23.8 Å². The molecule has 2 amide bonds. The number of nitrogens with one attached hydrogen (secondary N) is 1. The molecule has 0 radical (unpaired) electrons. The van der Waals surface area contributed by atoms with Gasteiger partial charge in [-0.3, -0.25) is 19.8 Å². The Morgan fingerprint density at radius 1 is 1.13 bits per heavy atom. The van der Waals surface area contributed by atoms with Gasteiger partial charge in [-0.05, 0) is 74.5 Å². The zero-order valence-electron chi connectivity index (χ0n) is 17.7. The number of carbonyl (C=O) groups excluding carboxylic acids is 2. The number of amides is 2. The third kappa shape index (κ3) is 3.66. The fourth-order valence-corrected chi connectivity index (χ4v) is 4.42. The lowest BCUT2D eigenvalue weighted by molar-refractivity contribution is -0.122. The Kier molecular flexibility index (Phi) is 5.23. The number of anilines is 2. The van der Waals surface area contributed by atoms with Gasteiger partial charge in [0.15, 0.2) is 5.11 Å². The van der Waals surface area contributed by atoms with E-state index in [1.54, 1.807) is 24.3 Å². The first-order valence-electron chi connectivity index (χ1n) is 9.84. The summed E-state index contributed by atoms with van der Waals surface area (Å²) in [6, 6.07) is 12.8. The predicted octanol–water partition coefficient (Wildman–Crippen LogP) is 4.80. The smallest absolute Gasteiger partial charge is 0.270 e. The quantitative estimate of drug-likeness (QED) is 0.404. The number of thiocarbonyl (C=S) groups is 1. The third-order valence-electron chi connectivity index (χ3n) is 5.75. The highest BCUT2D eigenvalue weighted by Crippen LogP contribution is 2.41. The van der Waals surface area contributed by atoms with Gasteiger partial charge in [0.1, 0.15) is 5.57 Å². The molecule has 2 aliphatic heterocycles. The fourth-order valence-electron chi connectivity index (χ4n) is 3.92. The van der Waals surface area contributed by atoms with E-state index < -0.39 is 11.8 Å². The number of likely N-dealkylation sites (N-methyl/N-ethyl adjacent to an activating group) is 1. The lowest BCUT2D eigenvalue weighted by atomic mass is 9.88. The van der Waals surface area contributed by atoms with Crippen LogP contribution >= 0.6 is 23.8 Å². The van der Waals surface area contributed by atoms with Crippen LogP contribution in [0.1, 0.15) is 31.9 Å². The number of carbonyl (C=O) groups is 2. The summed E-state index contributed by atoms with van der Waals surface area (Å²) < 4.78 is 0. The van der Waals surface area contributed by atoms with Gasteiger partial charge in [-0.2, -0.15) is 0 Å². The van der Waals surface area contributed by atoms with Crippen LogP contribution in [0.15, 0.2) is 54.1 Å².